The van der Waals surface area contributed by atoms with Crippen LogP contribution < -0.4 is 4.90 Å². The monoisotopic (exact) mass is 294 g/mol. The SMILES string of the molecule is Cc1ccc(CN(C)c2cc(C)c(Br)cn2)o1. The second kappa shape index (κ2) is 4.92. The summed E-state index contributed by atoms with van der Waals surface area (Å²) in [5.74, 6) is 2.83. The molecule has 3 nitrogen and oxygen atoms in total. The number of halogens is 1. The van der Waals surface area contributed by atoms with Crippen molar-refractivity contribution in [2.75, 3.05) is 11.9 Å². The maximum atomic E-state index is 5.55. The molecule has 90 valence electrons. The Labute approximate surface area is 110 Å². The molecule has 0 spiro atoms. The van der Waals surface area contributed by atoms with Crippen LogP contribution in [0.25, 0.3) is 0 Å². The highest BCUT2D eigenvalue weighted by Gasteiger charge is 2.07. The van der Waals surface area contributed by atoms with Crippen molar-refractivity contribution in [3.63, 3.8) is 0 Å². The molecule has 0 bridgehead atoms. The zero-order valence-electron chi connectivity index (χ0n) is 10.2. The molecule has 0 fully saturated rings. The lowest BCUT2D eigenvalue weighted by Crippen LogP contribution is -2.17. The van der Waals surface area contributed by atoms with E-state index in [0.29, 0.717) is 0 Å². The van der Waals surface area contributed by atoms with Gasteiger partial charge < -0.3 is 9.32 Å². The molecular weight excluding hydrogens is 280 g/mol. The third-order valence-electron chi connectivity index (χ3n) is 2.61. The number of furan rings is 1. The van der Waals surface area contributed by atoms with Crippen molar-refractivity contribution in [3.8, 4) is 0 Å². The second-order valence-corrected chi connectivity index (χ2v) is 5.01. The van der Waals surface area contributed by atoms with Crippen LogP contribution in [0.5, 0.6) is 0 Å². The lowest BCUT2D eigenvalue weighted by molar-refractivity contribution is 0.481. The van der Waals surface area contributed by atoms with Crippen LogP contribution in [0.15, 0.2) is 33.3 Å². The van der Waals surface area contributed by atoms with Crippen LogP contribution >= 0.6 is 15.9 Å². The van der Waals surface area contributed by atoms with Crippen LogP contribution in [-0.4, -0.2) is 12.0 Å². The van der Waals surface area contributed by atoms with Gasteiger partial charge in [0.05, 0.1) is 6.54 Å². The summed E-state index contributed by atoms with van der Waals surface area (Å²) in [6, 6.07) is 6.03. The lowest BCUT2D eigenvalue weighted by Gasteiger charge is -2.17. The van der Waals surface area contributed by atoms with Crippen molar-refractivity contribution >= 4 is 21.7 Å². The smallest absolute Gasteiger partial charge is 0.128 e. The Bertz CT molecular complexity index is 522. The molecule has 2 heterocycles. The molecule has 0 aliphatic carbocycles. The van der Waals surface area contributed by atoms with E-state index in [1.54, 1.807) is 0 Å². The summed E-state index contributed by atoms with van der Waals surface area (Å²) < 4.78 is 6.58. The fourth-order valence-corrected chi connectivity index (χ4v) is 1.83. The van der Waals surface area contributed by atoms with Crippen LogP contribution in [-0.2, 0) is 6.54 Å². The Morgan fingerprint density at radius 1 is 1.35 bits per heavy atom. The highest BCUT2D eigenvalue weighted by atomic mass is 79.9. The highest BCUT2D eigenvalue weighted by Crippen LogP contribution is 2.20. The standard InChI is InChI=1S/C13H15BrN2O/c1-9-6-13(15-7-12(9)14)16(3)8-11-5-4-10(2)17-11/h4-7H,8H2,1-3H3. The third kappa shape index (κ3) is 2.88. The van der Waals surface area contributed by atoms with Crippen molar-refractivity contribution in [2.24, 2.45) is 0 Å². The predicted molar refractivity (Wildman–Crippen MR) is 72.2 cm³/mol. The summed E-state index contributed by atoms with van der Waals surface area (Å²) >= 11 is 3.45. The summed E-state index contributed by atoms with van der Waals surface area (Å²) in [5, 5.41) is 0. The van der Waals surface area contributed by atoms with Gasteiger partial charge in [0.25, 0.3) is 0 Å². The summed E-state index contributed by atoms with van der Waals surface area (Å²) in [7, 11) is 2.01. The third-order valence-corrected chi connectivity index (χ3v) is 3.44. The zero-order valence-corrected chi connectivity index (χ0v) is 11.8. The van der Waals surface area contributed by atoms with Gasteiger partial charge in [0, 0.05) is 17.7 Å². The lowest BCUT2D eigenvalue weighted by atomic mass is 10.3. The Morgan fingerprint density at radius 2 is 2.12 bits per heavy atom. The summed E-state index contributed by atoms with van der Waals surface area (Å²) in [4.78, 5) is 6.45. The first kappa shape index (κ1) is 12.2. The van der Waals surface area contributed by atoms with E-state index in [1.807, 2.05) is 32.3 Å². The van der Waals surface area contributed by atoms with Gasteiger partial charge in [-0.25, -0.2) is 4.98 Å². The first-order valence-electron chi connectivity index (χ1n) is 5.45. The molecule has 4 heteroatoms. The zero-order chi connectivity index (χ0) is 12.4. The summed E-state index contributed by atoms with van der Waals surface area (Å²) in [6.45, 7) is 4.73. The van der Waals surface area contributed by atoms with Crippen LogP contribution in [0, 0.1) is 13.8 Å². The van der Waals surface area contributed by atoms with Gasteiger partial charge in [0.15, 0.2) is 0 Å². The maximum absolute atomic E-state index is 5.55. The normalized spacial score (nSPS) is 10.6. The molecule has 2 rings (SSSR count). The first-order valence-corrected chi connectivity index (χ1v) is 6.24. The van der Waals surface area contributed by atoms with Gasteiger partial charge in [0.1, 0.15) is 17.3 Å². The quantitative estimate of drug-likeness (QED) is 0.865. The largest absolute Gasteiger partial charge is 0.464 e. The van der Waals surface area contributed by atoms with Crippen molar-refractivity contribution < 1.29 is 4.42 Å². The van der Waals surface area contributed by atoms with E-state index >= 15 is 0 Å². The van der Waals surface area contributed by atoms with Crippen LogP contribution in [0.2, 0.25) is 0 Å². The predicted octanol–water partition coefficient (Wildman–Crippen LogP) is 3.69. The molecular formula is C13H15BrN2O. The molecule has 0 aliphatic heterocycles. The summed E-state index contributed by atoms with van der Waals surface area (Å²) in [5.41, 5.74) is 1.18. The van der Waals surface area contributed by atoms with Crippen LogP contribution in [0.4, 0.5) is 5.82 Å². The maximum Gasteiger partial charge on any atom is 0.128 e. The fourth-order valence-electron chi connectivity index (χ4n) is 1.62. The minimum absolute atomic E-state index is 0.724. The number of rotatable bonds is 3. The Kier molecular flexibility index (Phi) is 3.52. The number of aromatic nitrogens is 1. The number of anilines is 1. The van der Waals surface area contributed by atoms with Gasteiger partial charge in [-0.15, -0.1) is 0 Å². The summed E-state index contributed by atoms with van der Waals surface area (Å²) in [6.07, 6.45) is 1.83. The van der Waals surface area contributed by atoms with Crippen molar-refractivity contribution in [1.82, 2.24) is 4.98 Å². The average molecular weight is 295 g/mol. The minimum atomic E-state index is 0.724. The highest BCUT2D eigenvalue weighted by molar-refractivity contribution is 9.10. The topological polar surface area (TPSA) is 29.3 Å². The molecule has 2 aromatic heterocycles. The van der Waals surface area contributed by atoms with Crippen LogP contribution in [0.3, 0.4) is 0 Å². The van der Waals surface area contributed by atoms with E-state index in [9.17, 15) is 0 Å². The molecule has 2 aromatic rings. The van der Waals surface area contributed by atoms with Gasteiger partial charge in [-0.2, -0.15) is 0 Å². The molecule has 17 heavy (non-hydrogen) atoms. The van der Waals surface area contributed by atoms with Gasteiger partial charge >= 0.3 is 0 Å². The fraction of sp³-hybridized carbons (Fsp3) is 0.308. The van der Waals surface area contributed by atoms with E-state index in [0.717, 1.165) is 28.4 Å². The van der Waals surface area contributed by atoms with E-state index in [2.05, 4.69) is 38.8 Å². The molecule has 0 aliphatic rings. The van der Waals surface area contributed by atoms with Gasteiger partial charge in [-0.05, 0) is 53.5 Å². The Morgan fingerprint density at radius 3 is 2.71 bits per heavy atom. The van der Waals surface area contributed by atoms with E-state index in [4.69, 9.17) is 4.42 Å². The number of hydrogen-bond acceptors (Lipinski definition) is 3. The molecule has 0 N–H and O–H groups in total. The van der Waals surface area contributed by atoms with E-state index in [-0.39, 0.29) is 0 Å². The molecule has 0 unspecified atom stereocenters. The first-order chi connectivity index (χ1) is 8.06. The molecule has 0 saturated carbocycles. The van der Waals surface area contributed by atoms with Gasteiger partial charge in [-0.3, -0.25) is 0 Å². The molecule has 0 saturated heterocycles. The van der Waals surface area contributed by atoms with E-state index < -0.39 is 0 Å². The van der Waals surface area contributed by atoms with Crippen molar-refractivity contribution in [2.45, 2.75) is 20.4 Å². The number of pyridine rings is 1. The number of hydrogen-bond donors (Lipinski definition) is 0. The molecule has 0 radical (unpaired) electrons. The Hall–Kier alpha value is -1.29. The molecule has 0 atom stereocenters. The Balaban J connectivity index is 2.14. The second-order valence-electron chi connectivity index (χ2n) is 4.16. The molecule has 0 amide bonds. The minimum Gasteiger partial charge on any atom is -0.464 e. The van der Waals surface area contributed by atoms with Crippen LogP contribution in [0.1, 0.15) is 17.1 Å². The van der Waals surface area contributed by atoms with Gasteiger partial charge in [-0.1, -0.05) is 0 Å². The number of nitrogens with zero attached hydrogens (tertiary/aromatic N) is 2. The number of aryl methyl sites for hydroxylation is 2. The van der Waals surface area contributed by atoms with E-state index in [1.165, 1.54) is 5.56 Å². The average Bonchev–Trinajstić information content (AvgIpc) is 2.68. The van der Waals surface area contributed by atoms with Gasteiger partial charge in [0.2, 0.25) is 0 Å². The van der Waals surface area contributed by atoms with Crippen molar-refractivity contribution in [1.29, 1.82) is 0 Å². The molecule has 0 aromatic carbocycles. The van der Waals surface area contributed by atoms with Crippen molar-refractivity contribution in [3.05, 3.63) is 46.0 Å².